The predicted molar refractivity (Wildman–Crippen MR) is 133 cm³/mol. The second-order valence-electron chi connectivity index (χ2n) is 8.03. The minimum absolute atomic E-state index is 0.0492. The van der Waals surface area contributed by atoms with Gasteiger partial charge in [-0.05, 0) is 49.2 Å². The molecule has 0 atom stereocenters. The van der Waals surface area contributed by atoms with Gasteiger partial charge >= 0.3 is 0 Å². The van der Waals surface area contributed by atoms with Crippen molar-refractivity contribution in [3.63, 3.8) is 0 Å². The molecule has 0 radical (unpaired) electrons. The fraction of sp³-hybridized carbons (Fsp3) is 0.435. The molecule has 34 heavy (non-hydrogen) atoms. The van der Waals surface area contributed by atoms with Crippen LogP contribution in [0.15, 0.2) is 52.3 Å². The zero-order chi connectivity index (χ0) is 24.9. The molecule has 0 unspecified atom stereocenters. The summed E-state index contributed by atoms with van der Waals surface area (Å²) in [5.74, 6) is -0.568. The van der Waals surface area contributed by atoms with Gasteiger partial charge in [0.05, 0.1) is 9.92 Å². The number of rotatable bonds is 8. The van der Waals surface area contributed by atoms with Crippen LogP contribution in [0, 0.1) is 0 Å². The Kier molecular flexibility index (Phi) is 8.75. The molecule has 0 spiro atoms. The highest BCUT2D eigenvalue weighted by Crippen LogP contribution is 2.28. The van der Waals surface area contributed by atoms with E-state index in [1.165, 1.54) is 38.9 Å². The summed E-state index contributed by atoms with van der Waals surface area (Å²) in [4.78, 5) is 12.9. The van der Waals surface area contributed by atoms with Crippen LogP contribution in [-0.2, 0) is 20.0 Å². The molecular formula is C23H30ClN3O5S2. The van der Waals surface area contributed by atoms with E-state index in [1.54, 1.807) is 26.0 Å². The van der Waals surface area contributed by atoms with Crippen molar-refractivity contribution in [1.29, 1.82) is 0 Å². The minimum Gasteiger partial charge on any atom is -0.322 e. The molecule has 1 saturated heterocycles. The molecule has 0 saturated carbocycles. The first-order valence-electron chi connectivity index (χ1n) is 11.3. The summed E-state index contributed by atoms with van der Waals surface area (Å²) in [6.07, 6.45) is 3.52. The second kappa shape index (κ2) is 11.2. The fourth-order valence-electron chi connectivity index (χ4n) is 3.91. The van der Waals surface area contributed by atoms with Crippen molar-refractivity contribution < 1.29 is 21.6 Å². The van der Waals surface area contributed by atoms with Gasteiger partial charge < -0.3 is 5.32 Å². The summed E-state index contributed by atoms with van der Waals surface area (Å²) in [7, 11) is -7.54. The largest absolute Gasteiger partial charge is 0.322 e. The van der Waals surface area contributed by atoms with Gasteiger partial charge in [0.25, 0.3) is 5.91 Å². The normalized spacial score (nSPS) is 15.8. The standard InChI is InChI=1S/C23H30ClN3O5S2/c1-3-26(4-2)33(29,30)20-11-9-10-19(17-20)25-23(28)18-12-13-21(24)22(16-18)34(31,32)27-14-7-5-6-8-15-27/h9-13,16-17H,3-8,14-15H2,1-2H3,(H,25,28). The van der Waals surface area contributed by atoms with Gasteiger partial charge in [0.15, 0.2) is 0 Å². The Morgan fingerprint density at radius 3 is 2.24 bits per heavy atom. The van der Waals surface area contributed by atoms with Gasteiger partial charge in [-0.25, -0.2) is 16.8 Å². The lowest BCUT2D eigenvalue weighted by Crippen LogP contribution is -2.32. The molecule has 1 aliphatic rings. The number of benzene rings is 2. The average Bonchev–Trinajstić information content (AvgIpc) is 3.10. The van der Waals surface area contributed by atoms with Crippen molar-refractivity contribution in [3.8, 4) is 0 Å². The molecule has 8 nitrogen and oxygen atoms in total. The van der Waals surface area contributed by atoms with Crippen molar-refractivity contribution in [2.45, 2.75) is 49.3 Å². The second-order valence-corrected chi connectivity index (χ2v) is 12.3. The average molecular weight is 528 g/mol. The highest BCUT2D eigenvalue weighted by molar-refractivity contribution is 7.89. The first kappa shape index (κ1) is 26.6. The summed E-state index contributed by atoms with van der Waals surface area (Å²) >= 11 is 6.22. The number of carbonyl (C=O) groups excluding carboxylic acids is 1. The van der Waals surface area contributed by atoms with Crippen LogP contribution in [0.3, 0.4) is 0 Å². The first-order chi connectivity index (χ1) is 16.1. The predicted octanol–water partition coefficient (Wildman–Crippen LogP) is 4.19. The Bertz CT molecular complexity index is 1240. The van der Waals surface area contributed by atoms with Crippen molar-refractivity contribution in [2.75, 3.05) is 31.5 Å². The van der Waals surface area contributed by atoms with Gasteiger partial charge in [0.2, 0.25) is 20.0 Å². The highest BCUT2D eigenvalue weighted by Gasteiger charge is 2.28. The smallest absolute Gasteiger partial charge is 0.255 e. The van der Waals surface area contributed by atoms with Gasteiger partial charge in [-0.15, -0.1) is 0 Å². The van der Waals surface area contributed by atoms with Gasteiger partial charge in [0.1, 0.15) is 4.90 Å². The molecule has 1 fully saturated rings. The number of hydrogen-bond donors (Lipinski definition) is 1. The number of nitrogens with zero attached hydrogens (tertiary/aromatic N) is 2. The lowest BCUT2D eigenvalue weighted by Gasteiger charge is -2.21. The number of sulfonamides is 2. The van der Waals surface area contributed by atoms with E-state index >= 15 is 0 Å². The molecule has 11 heteroatoms. The quantitative estimate of drug-likeness (QED) is 0.554. The summed E-state index contributed by atoms with van der Waals surface area (Å²) in [6.45, 7) is 5.00. The molecule has 1 aliphatic heterocycles. The molecule has 0 bridgehead atoms. The highest BCUT2D eigenvalue weighted by atomic mass is 35.5. The van der Waals surface area contributed by atoms with Crippen LogP contribution in [0.1, 0.15) is 49.9 Å². The van der Waals surface area contributed by atoms with Crippen molar-refractivity contribution in [1.82, 2.24) is 8.61 Å². The Morgan fingerprint density at radius 1 is 0.971 bits per heavy atom. The molecule has 3 rings (SSSR count). The zero-order valence-electron chi connectivity index (χ0n) is 19.3. The Balaban J connectivity index is 1.87. The number of anilines is 1. The lowest BCUT2D eigenvalue weighted by molar-refractivity contribution is 0.102. The van der Waals surface area contributed by atoms with E-state index in [1.807, 2.05) is 0 Å². The summed E-state index contributed by atoms with van der Waals surface area (Å²) in [5.41, 5.74) is 0.389. The third kappa shape index (κ3) is 5.80. The Labute approximate surface area is 207 Å². The van der Waals surface area contributed by atoms with Crippen molar-refractivity contribution >= 4 is 43.2 Å². The maximum Gasteiger partial charge on any atom is 0.255 e. The van der Waals surface area contributed by atoms with Gasteiger partial charge in [-0.2, -0.15) is 8.61 Å². The van der Waals surface area contributed by atoms with Crippen LogP contribution in [0.4, 0.5) is 5.69 Å². The number of nitrogens with one attached hydrogen (secondary N) is 1. The van der Waals surface area contributed by atoms with Crippen molar-refractivity contribution in [3.05, 3.63) is 53.1 Å². The lowest BCUT2D eigenvalue weighted by atomic mass is 10.2. The third-order valence-corrected chi connectivity index (χ3v) is 10.2. The molecule has 1 heterocycles. The third-order valence-electron chi connectivity index (χ3n) is 5.81. The minimum atomic E-state index is -3.85. The summed E-state index contributed by atoms with van der Waals surface area (Å²) in [5, 5.41) is 2.71. The molecular weight excluding hydrogens is 498 g/mol. The maximum atomic E-state index is 13.2. The van der Waals surface area contributed by atoms with E-state index < -0.39 is 26.0 Å². The molecule has 1 N–H and O–H groups in total. The molecule has 1 amide bonds. The number of amides is 1. The molecule has 2 aromatic rings. The van der Waals surface area contributed by atoms with Gasteiger partial charge in [0, 0.05) is 37.4 Å². The molecule has 186 valence electrons. The van der Waals surface area contributed by atoms with Crippen LogP contribution in [0.5, 0.6) is 0 Å². The number of carbonyl (C=O) groups is 1. The molecule has 2 aromatic carbocycles. The van der Waals surface area contributed by atoms with Crippen LogP contribution in [-0.4, -0.2) is 57.5 Å². The van der Waals surface area contributed by atoms with E-state index in [0.717, 1.165) is 25.7 Å². The first-order valence-corrected chi connectivity index (χ1v) is 14.6. The van der Waals surface area contributed by atoms with Crippen LogP contribution in [0.2, 0.25) is 5.02 Å². The van der Waals surface area contributed by atoms with E-state index in [-0.39, 0.29) is 26.1 Å². The zero-order valence-corrected chi connectivity index (χ0v) is 21.7. The van der Waals surface area contributed by atoms with Crippen molar-refractivity contribution in [2.24, 2.45) is 0 Å². The SMILES string of the molecule is CCN(CC)S(=O)(=O)c1cccc(NC(=O)c2ccc(Cl)c(S(=O)(=O)N3CCCCCC3)c2)c1. The van der Waals surface area contributed by atoms with E-state index in [2.05, 4.69) is 5.32 Å². The molecule has 0 aromatic heterocycles. The Hall–Kier alpha value is -1.98. The van der Waals surface area contributed by atoms with Crippen LogP contribution < -0.4 is 5.32 Å². The van der Waals surface area contributed by atoms with Gasteiger partial charge in [-0.3, -0.25) is 4.79 Å². The number of hydrogen-bond acceptors (Lipinski definition) is 5. The van der Waals surface area contributed by atoms with Gasteiger partial charge in [-0.1, -0.05) is 44.4 Å². The maximum absolute atomic E-state index is 13.2. The summed E-state index contributed by atoms with van der Waals surface area (Å²) in [6, 6.07) is 10.1. The monoisotopic (exact) mass is 527 g/mol. The van der Waals surface area contributed by atoms with E-state index in [9.17, 15) is 21.6 Å². The van der Waals surface area contributed by atoms with Crippen LogP contribution >= 0.6 is 11.6 Å². The topological polar surface area (TPSA) is 104 Å². The van der Waals surface area contributed by atoms with E-state index in [0.29, 0.717) is 26.2 Å². The van der Waals surface area contributed by atoms with E-state index in [4.69, 9.17) is 11.6 Å². The number of halogens is 1. The fourth-order valence-corrected chi connectivity index (χ4v) is 7.44. The Morgan fingerprint density at radius 2 is 1.62 bits per heavy atom. The molecule has 0 aliphatic carbocycles. The van der Waals surface area contributed by atoms with Crippen LogP contribution in [0.25, 0.3) is 0 Å². The summed E-state index contributed by atoms with van der Waals surface area (Å²) < 4.78 is 54.8.